The normalized spacial score (nSPS) is 18.1. The van der Waals surface area contributed by atoms with Gasteiger partial charge in [0.1, 0.15) is 10.6 Å². The van der Waals surface area contributed by atoms with Crippen LogP contribution in [0.25, 0.3) is 0 Å². The van der Waals surface area contributed by atoms with E-state index in [2.05, 4.69) is 20.5 Å². The largest absolute Gasteiger partial charge is 0.360 e. The van der Waals surface area contributed by atoms with E-state index in [9.17, 15) is 13.2 Å². The van der Waals surface area contributed by atoms with Gasteiger partial charge in [0.25, 0.3) is 0 Å². The SMILES string of the molecule is Cc1noc(C)c1S(=O)(=O)NC(C)C(=O)NC1CCNCC1. The Morgan fingerprint density at radius 1 is 1.36 bits per heavy atom. The highest BCUT2D eigenvalue weighted by atomic mass is 32.2. The molecular weight excluding hydrogens is 308 g/mol. The summed E-state index contributed by atoms with van der Waals surface area (Å²) in [5.41, 5.74) is 0.274. The lowest BCUT2D eigenvalue weighted by Gasteiger charge is -2.25. The van der Waals surface area contributed by atoms with Crippen molar-refractivity contribution in [2.45, 2.75) is 50.6 Å². The first-order valence-corrected chi connectivity index (χ1v) is 8.76. The first-order chi connectivity index (χ1) is 10.3. The molecule has 1 saturated heterocycles. The van der Waals surface area contributed by atoms with Crippen LogP contribution in [-0.4, -0.2) is 44.7 Å². The predicted octanol–water partition coefficient (Wildman–Crippen LogP) is -0.174. The zero-order chi connectivity index (χ0) is 16.3. The maximum Gasteiger partial charge on any atom is 0.246 e. The summed E-state index contributed by atoms with van der Waals surface area (Å²) >= 11 is 0. The number of aromatic nitrogens is 1. The molecule has 0 aliphatic carbocycles. The van der Waals surface area contributed by atoms with Crippen molar-refractivity contribution in [1.82, 2.24) is 20.5 Å². The minimum absolute atomic E-state index is 0.00554. The summed E-state index contributed by atoms with van der Waals surface area (Å²) in [6.45, 7) is 6.29. The molecule has 124 valence electrons. The molecule has 1 aliphatic heterocycles. The van der Waals surface area contributed by atoms with Crippen LogP contribution in [0.15, 0.2) is 9.42 Å². The van der Waals surface area contributed by atoms with E-state index in [-0.39, 0.29) is 28.3 Å². The number of hydrogen-bond donors (Lipinski definition) is 3. The number of sulfonamides is 1. The van der Waals surface area contributed by atoms with Crippen molar-refractivity contribution in [3.63, 3.8) is 0 Å². The van der Waals surface area contributed by atoms with Gasteiger partial charge in [-0.2, -0.15) is 4.72 Å². The Labute approximate surface area is 130 Å². The second kappa shape index (κ2) is 6.76. The van der Waals surface area contributed by atoms with Crippen molar-refractivity contribution in [2.24, 2.45) is 0 Å². The van der Waals surface area contributed by atoms with Crippen LogP contribution in [0.2, 0.25) is 0 Å². The van der Waals surface area contributed by atoms with Gasteiger partial charge in [-0.25, -0.2) is 8.42 Å². The first-order valence-electron chi connectivity index (χ1n) is 7.27. The van der Waals surface area contributed by atoms with Crippen LogP contribution >= 0.6 is 0 Å². The molecule has 1 atom stereocenters. The second-order valence-electron chi connectivity index (χ2n) is 5.53. The van der Waals surface area contributed by atoms with Crippen molar-refractivity contribution in [2.75, 3.05) is 13.1 Å². The van der Waals surface area contributed by atoms with Crippen molar-refractivity contribution in [3.8, 4) is 0 Å². The maximum atomic E-state index is 12.3. The number of amides is 1. The molecular formula is C13H22N4O4S. The van der Waals surface area contributed by atoms with Gasteiger partial charge in [-0.05, 0) is 46.7 Å². The molecule has 8 nitrogen and oxygen atoms in total. The summed E-state index contributed by atoms with van der Waals surface area (Å²) in [7, 11) is -3.84. The van der Waals surface area contributed by atoms with Gasteiger partial charge < -0.3 is 15.2 Å². The van der Waals surface area contributed by atoms with E-state index in [4.69, 9.17) is 4.52 Å². The van der Waals surface area contributed by atoms with Crippen LogP contribution in [0.1, 0.15) is 31.2 Å². The van der Waals surface area contributed by atoms with Crippen LogP contribution in [0, 0.1) is 13.8 Å². The zero-order valence-electron chi connectivity index (χ0n) is 13.0. The number of rotatable bonds is 5. The number of carbonyl (C=O) groups excluding carboxylic acids is 1. The van der Waals surface area contributed by atoms with E-state index in [1.165, 1.54) is 13.8 Å². The highest BCUT2D eigenvalue weighted by molar-refractivity contribution is 7.89. The van der Waals surface area contributed by atoms with Gasteiger partial charge in [0.15, 0.2) is 5.76 Å². The van der Waals surface area contributed by atoms with E-state index in [1.807, 2.05) is 0 Å². The molecule has 1 aromatic rings. The Morgan fingerprint density at radius 2 is 2.00 bits per heavy atom. The minimum atomic E-state index is -3.84. The van der Waals surface area contributed by atoms with Crippen LogP contribution in [0.5, 0.6) is 0 Å². The van der Waals surface area contributed by atoms with Crippen LogP contribution in [-0.2, 0) is 14.8 Å². The maximum absolute atomic E-state index is 12.3. The zero-order valence-corrected chi connectivity index (χ0v) is 13.8. The Morgan fingerprint density at radius 3 is 2.55 bits per heavy atom. The van der Waals surface area contributed by atoms with Gasteiger partial charge in [-0.3, -0.25) is 4.79 Å². The standard InChI is InChI=1S/C13H22N4O4S/c1-8-12(10(3)21-16-8)22(19,20)17-9(2)13(18)15-11-4-6-14-7-5-11/h9,11,14,17H,4-7H2,1-3H3,(H,15,18). The van der Waals surface area contributed by atoms with E-state index >= 15 is 0 Å². The predicted molar refractivity (Wildman–Crippen MR) is 79.8 cm³/mol. The third kappa shape index (κ3) is 3.84. The molecule has 2 rings (SSSR count). The fourth-order valence-corrected chi connectivity index (χ4v) is 4.03. The van der Waals surface area contributed by atoms with Crippen molar-refractivity contribution < 1.29 is 17.7 Å². The highest BCUT2D eigenvalue weighted by Crippen LogP contribution is 2.18. The van der Waals surface area contributed by atoms with E-state index in [0.717, 1.165) is 25.9 Å². The molecule has 22 heavy (non-hydrogen) atoms. The second-order valence-corrected chi connectivity index (χ2v) is 7.18. The van der Waals surface area contributed by atoms with Gasteiger partial charge in [0, 0.05) is 6.04 Å². The number of nitrogens with one attached hydrogen (secondary N) is 3. The fraction of sp³-hybridized carbons (Fsp3) is 0.692. The molecule has 1 amide bonds. The quantitative estimate of drug-likeness (QED) is 0.690. The van der Waals surface area contributed by atoms with E-state index in [1.54, 1.807) is 6.92 Å². The Balaban J connectivity index is 2.01. The fourth-order valence-electron chi connectivity index (χ4n) is 2.50. The molecule has 3 N–H and O–H groups in total. The number of carbonyl (C=O) groups is 1. The number of piperidine rings is 1. The third-order valence-corrected chi connectivity index (χ3v) is 5.43. The van der Waals surface area contributed by atoms with E-state index < -0.39 is 16.1 Å². The van der Waals surface area contributed by atoms with Gasteiger partial charge in [-0.1, -0.05) is 5.16 Å². The summed E-state index contributed by atoms with van der Waals surface area (Å²) in [6.07, 6.45) is 1.68. The lowest BCUT2D eigenvalue weighted by molar-refractivity contribution is -0.123. The lowest BCUT2D eigenvalue weighted by atomic mass is 10.1. The van der Waals surface area contributed by atoms with Gasteiger partial charge >= 0.3 is 0 Å². The Kier molecular flexibility index (Phi) is 5.20. The molecule has 9 heteroatoms. The molecule has 1 fully saturated rings. The van der Waals surface area contributed by atoms with E-state index in [0.29, 0.717) is 0 Å². The minimum Gasteiger partial charge on any atom is -0.360 e. The third-order valence-electron chi connectivity index (χ3n) is 3.65. The summed E-state index contributed by atoms with van der Waals surface area (Å²) < 4.78 is 31.9. The average Bonchev–Trinajstić information content (AvgIpc) is 2.79. The molecule has 0 spiro atoms. The monoisotopic (exact) mass is 330 g/mol. The number of nitrogens with zero attached hydrogens (tertiary/aromatic N) is 1. The molecule has 2 heterocycles. The molecule has 1 aliphatic rings. The van der Waals surface area contributed by atoms with Crippen molar-refractivity contribution >= 4 is 15.9 Å². The molecule has 0 radical (unpaired) electrons. The topological polar surface area (TPSA) is 113 Å². The Bertz CT molecular complexity index is 615. The van der Waals surface area contributed by atoms with Gasteiger partial charge in [0.2, 0.25) is 15.9 Å². The molecule has 0 aromatic carbocycles. The average molecular weight is 330 g/mol. The van der Waals surface area contributed by atoms with Gasteiger partial charge in [0.05, 0.1) is 6.04 Å². The van der Waals surface area contributed by atoms with Crippen molar-refractivity contribution in [1.29, 1.82) is 0 Å². The molecule has 1 unspecified atom stereocenters. The Hall–Kier alpha value is -1.45. The van der Waals surface area contributed by atoms with Gasteiger partial charge in [-0.15, -0.1) is 0 Å². The summed E-state index contributed by atoms with van der Waals surface area (Å²) in [5.74, 6) is -0.127. The summed E-state index contributed by atoms with van der Waals surface area (Å²) in [5, 5.41) is 9.70. The first kappa shape index (κ1) is 16.9. The molecule has 0 bridgehead atoms. The summed E-state index contributed by atoms with van der Waals surface area (Å²) in [6, 6.07) is -0.784. The summed E-state index contributed by atoms with van der Waals surface area (Å²) in [4.78, 5) is 12.1. The van der Waals surface area contributed by atoms with Crippen LogP contribution in [0.3, 0.4) is 0 Å². The van der Waals surface area contributed by atoms with Crippen molar-refractivity contribution in [3.05, 3.63) is 11.5 Å². The molecule has 0 saturated carbocycles. The van der Waals surface area contributed by atoms with Crippen LogP contribution < -0.4 is 15.4 Å². The molecule has 1 aromatic heterocycles. The smallest absolute Gasteiger partial charge is 0.246 e. The number of aryl methyl sites for hydroxylation is 2. The number of hydrogen-bond acceptors (Lipinski definition) is 6. The van der Waals surface area contributed by atoms with Crippen LogP contribution in [0.4, 0.5) is 0 Å². The lowest BCUT2D eigenvalue weighted by Crippen LogP contribution is -2.50. The highest BCUT2D eigenvalue weighted by Gasteiger charge is 2.29.